The van der Waals surface area contributed by atoms with Crippen LogP contribution in [0.15, 0.2) is 42.7 Å². The Bertz CT molecular complexity index is 614. The second-order valence-electron chi connectivity index (χ2n) is 4.54. The minimum atomic E-state index is -4.39. The van der Waals surface area contributed by atoms with Gasteiger partial charge in [-0.05, 0) is 17.7 Å². The molecule has 2 aromatic rings. The third-order valence-corrected chi connectivity index (χ3v) is 3.08. The summed E-state index contributed by atoms with van der Waals surface area (Å²) in [5.74, 6) is 0.400. The predicted octanol–water partition coefficient (Wildman–Crippen LogP) is 3.39. The lowest BCUT2D eigenvalue weighted by molar-refractivity contribution is -0.137. The van der Waals surface area contributed by atoms with Gasteiger partial charge in [0.05, 0.1) is 25.0 Å². The standard InChI is InChI=1S/C15H14F3NO2/c1-21-14-9-19-6-5-12(14)13(20)8-10-3-2-4-11(7-10)15(16,17)18/h2-7,9,13,20H,8H2,1H3. The summed E-state index contributed by atoms with van der Waals surface area (Å²) >= 11 is 0. The summed E-state index contributed by atoms with van der Waals surface area (Å²) in [6.45, 7) is 0. The topological polar surface area (TPSA) is 42.4 Å². The van der Waals surface area contributed by atoms with Gasteiger partial charge >= 0.3 is 6.18 Å². The zero-order valence-electron chi connectivity index (χ0n) is 11.3. The maximum absolute atomic E-state index is 12.7. The molecule has 1 heterocycles. The van der Waals surface area contributed by atoms with E-state index in [-0.39, 0.29) is 6.42 Å². The van der Waals surface area contributed by atoms with Gasteiger partial charge < -0.3 is 9.84 Å². The number of nitrogens with zero attached hydrogens (tertiary/aromatic N) is 1. The maximum atomic E-state index is 12.7. The minimum absolute atomic E-state index is 0.0598. The molecule has 0 aliphatic carbocycles. The van der Waals surface area contributed by atoms with Gasteiger partial charge in [0, 0.05) is 18.2 Å². The Balaban J connectivity index is 2.22. The highest BCUT2D eigenvalue weighted by Gasteiger charge is 2.30. The molecule has 1 N–H and O–H groups in total. The molecule has 0 bridgehead atoms. The van der Waals surface area contributed by atoms with E-state index in [9.17, 15) is 18.3 Å². The molecule has 112 valence electrons. The number of aliphatic hydroxyl groups is 1. The molecule has 0 amide bonds. The lowest BCUT2D eigenvalue weighted by Gasteiger charge is -2.15. The number of hydrogen-bond acceptors (Lipinski definition) is 3. The molecule has 0 saturated heterocycles. The van der Waals surface area contributed by atoms with E-state index in [0.717, 1.165) is 12.1 Å². The van der Waals surface area contributed by atoms with E-state index in [1.807, 2.05) is 0 Å². The molecular weight excluding hydrogens is 283 g/mol. The molecule has 1 unspecified atom stereocenters. The normalized spacial score (nSPS) is 13.0. The number of aliphatic hydroxyl groups excluding tert-OH is 1. The Labute approximate surface area is 120 Å². The molecule has 1 atom stereocenters. The number of hydrogen-bond donors (Lipinski definition) is 1. The number of benzene rings is 1. The first kappa shape index (κ1) is 15.3. The van der Waals surface area contributed by atoms with E-state index in [1.54, 1.807) is 12.1 Å². The zero-order chi connectivity index (χ0) is 15.5. The molecule has 6 heteroatoms. The first-order valence-corrected chi connectivity index (χ1v) is 6.24. The van der Waals surface area contributed by atoms with Crippen LogP contribution in [0, 0.1) is 0 Å². The molecule has 0 radical (unpaired) electrons. The summed E-state index contributed by atoms with van der Waals surface area (Å²) in [6, 6.07) is 6.50. The van der Waals surface area contributed by atoms with Gasteiger partial charge in [-0.3, -0.25) is 4.98 Å². The lowest BCUT2D eigenvalue weighted by Crippen LogP contribution is -2.08. The van der Waals surface area contributed by atoms with Crippen LogP contribution < -0.4 is 4.74 Å². The molecule has 1 aromatic heterocycles. The summed E-state index contributed by atoms with van der Waals surface area (Å²) in [4.78, 5) is 3.87. The van der Waals surface area contributed by atoms with Gasteiger partial charge in [0.1, 0.15) is 5.75 Å². The monoisotopic (exact) mass is 297 g/mol. The largest absolute Gasteiger partial charge is 0.495 e. The molecular formula is C15H14F3NO2. The Hall–Kier alpha value is -2.08. The van der Waals surface area contributed by atoms with Crippen molar-refractivity contribution in [2.75, 3.05) is 7.11 Å². The Morgan fingerprint density at radius 2 is 2.05 bits per heavy atom. The fourth-order valence-electron chi connectivity index (χ4n) is 2.04. The van der Waals surface area contributed by atoms with Gasteiger partial charge in [0.25, 0.3) is 0 Å². The van der Waals surface area contributed by atoms with Gasteiger partial charge in [-0.15, -0.1) is 0 Å². The van der Waals surface area contributed by atoms with Gasteiger partial charge in [0.2, 0.25) is 0 Å². The first-order valence-electron chi connectivity index (χ1n) is 6.24. The molecule has 0 spiro atoms. The van der Waals surface area contributed by atoms with E-state index >= 15 is 0 Å². The van der Waals surface area contributed by atoms with Crippen molar-refractivity contribution in [1.82, 2.24) is 4.98 Å². The number of halogens is 3. The summed E-state index contributed by atoms with van der Waals surface area (Å²) < 4.78 is 43.0. The maximum Gasteiger partial charge on any atom is 0.416 e. The van der Waals surface area contributed by atoms with Gasteiger partial charge in [-0.2, -0.15) is 13.2 Å². The van der Waals surface area contributed by atoms with Gasteiger partial charge in [-0.1, -0.05) is 18.2 Å². The highest BCUT2D eigenvalue weighted by Crippen LogP contribution is 2.31. The molecule has 0 fully saturated rings. The van der Waals surface area contributed by atoms with E-state index < -0.39 is 17.8 Å². The summed E-state index contributed by atoms with van der Waals surface area (Å²) in [7, 11) is 1.44. The van der Waals surface area contributed by atoms with Crippen LogP contribution in [-0.2, 0) is 12.6 Å². The van der Waals surface area contributed by atoms with Crippen molar-refractivity contribution in [2.45, 2.75) is 18.7 Å². The molecule has 1 aromatic carbocycles. The van der Waals surface area contributed by atoms with Crippen molar-refractivity contribution in [1.29, 1.82) is 0 Å². The summed E-state index contributed by atoms with van der Waals surface area (Å²) in [5, 5.41) is 10.2. The molecule has 21 heavy (non-hydrogen) atoms. The first-order chi connectivity index (χ1) is 9.91. The molecule has 3 nitrogen and oxygen atoms in total. The number of pyridine rings is 1. The van der Waals surface area contributed by atoms with Crippen LogP contribution in [0.1, 0.15) is 22.8 Å². The van der Waals surface area contributed by atoms with Crippen molar-refractivity contribution >= 4 is 0 Å². The summed E-state index contributed by atoms with van der Waals surface area (Å²) in [6.07, 6.45) is -2.36. The van der Waals surface area contributed by atoms with Crippen molar-refractivity contribution in [3.05, 3.63) is 59.4 Å². The van der Waals surface area contributed by atoms with Crippen molar-refractivity contribution in [3.63, 3.8) is 0 Å². The third kappa shape index (κ3) is 3.72. The van der Waals surface area contributed by atoms with E-state index in [1.165, 1.54) is 25.6 Å². The smallest absolute Gasteiger partial charge is 0.416 e. The Morgan fingerprint density at radius 1 is 1.29 bits per heavy atom. The van der Waals surface area contributed by atoms with E-state index in [4.69, 9.17) is 4.74 Å². The van der Waals surface area contributed by atoms with Crippen LogP contribution in [0.2, 0.25) is 0 Å². The number of methoxy groups -OCH3 is 1. The van der Waals surface area contributed by atoms with Crippen molar-refractivity contribution < 1.29 is 23.0 Å². The third-order valence-electron chi connectivity index (χ3n) is 3.08. The SMILES string of the molecule is COc1cnccc1C(O)Cc1cccc(C(F)(F)F)c1. The second-order valence-corrected chi connectivity index (χ2v) is 4.54. The van der Waals surface area contributed by atoms with Crippen molar-refractivity contribution in [2.24, 2.45) is 0 Å². The van der Waals surface area contributed by atoms with E-state index in [2.05, 4.69) is 4.98 Å². The van der Waals surface area contributed by atoms with Crippen LogP contribution in [0.3, 0.4) is 0 Å². The number of rotatable bonds is 4. The van der Waals surface area contributed by atoms with Crippen LogP contribution >= 0.6 is 0 Å². The molecule has 0 saturated carbocycles. The van der Waals surface area contributed by atoms with E-state index in [0.29, 0.717) is 16.9 Å². The number of aromatic nitrogens is 1. The quantitative estimate of drug-likeness (QED) is 0.940. The van der Waals surface area contributed by atoms with Crippen LogP contribution in [0.5, 0.6) is 5.75 Å². The average Bonchev–Trinajstić information content (AvgIpc) is 2.46. The number of ether oxygens (including phenoxy) is 1. The second kappa shape index (κ2) is 6.13. The Kier molecular flexibility index (Phi) is 4.47. The molecule has 2 rings (SSSR count). The highest BCUT2D eigenvalue weighted by molar-refractivity contribution is 5.34. The lowest BCUT2D eigenvalue weighted by atomic mass is 10.00. The highest BCUT2D eigenvalue weighted by atomic mass is 19.4. The zero-order valence-corrected chi connectivity index (χ0v) is 11.3. The van der Waals surface area contributed by atoms with Gasteiger partial charge in [-0.25, -0.2) is 0 Å². The molecule has 0 aliphatic rings. The van der Waals surface area contributed by atoms with Crippen LogP contribution in [-0.4, -0.2) is 17.2 Å². The summed E-state index contributed by atoms with van der Waals surface area (Å²) in [5.41, 5.74) is 0.162. The average molecular weight is 297 g/mol. The van der Waals surface area contributed by atoms with Crippen LogP contribution in [0.25, 0.3) is 0 Å². The van der Waals surface area contributed by atoms with Crippen molar-refractivity contribution in [3.8, 4) is 5.75 Å². The number of alkyl halides is 3. The van der Waals surface area contributed by atoms with Crippen LogP contribution in [0.4, 0.5) is 13.2 Å². The minimum Gasteiger partial charge on any atom is -0.495 e. The molecule has 0 aliphatic heterocycles. The van der Waals surface area contributed by atoms with Gasteiger partial charge in [0.15, 0.2) is 0 Å². The fraction of sp³-hybridized carbons (Fsp3) is 0.267. The Morgan fingerprint density at radius 3 is 2.71 bits per heavy atom. The predicted molar refractivity (Wildman–Crippen MR) is 70.9 cm³/mol. The fourth-order valence-corrected chi connectivity index (χ4v) is 2.04.